The fourth-order valence-corrected chi connectivity index (χ4v) is 3.73. The Morgan fingerprint density at radius 3 is 1.39 bits per heavy atom. The lowest BCUT2D eigenvalue weighted by atomic mass is 10.2. The van der Waals surface area contributed by atoms with Crippen LogP contribution in [0.5, 0.6) is 23.0 Å². The van der Waals surface area contributed by atoms with Crippen molar-refractivity contribution >= 4 is 35.6 Å². The first-order valence-electron chi connectivity index (χ1n) is 12.9. The Morgan fingerprint density at radius 2 is 1.04 bits per heavy atom. The van der Waals surface area contributed by atoms with Gasteiger partial charge in [0.25, 0.3) is 23.2 Å². The maximum absolute atomic E-state index is 12.0. The summed E-state index contributed by atoms with van der Waals surface area (Å²) in [6, 6.07) is 20.2. The van der Waals surface area contributed by atoms with Crippen LogP contribution in [0.3, 0.4) is 0 Å². The lowest BCUT2D eigenvalue weighted by Crippen LogP contribution is -2.18. The first kappa shape index (κ1) is 33.7. The van der Waals surface area contributed by atoms with Gasteiger partial charge in [-0.1, -0.05) is 24.3 Å². The molecule has 16 nitrogen and oxygen atoms in total. The van der Waals surface area contributed by atoms with Crippen molar-refractivity contribution < 1.29 is 39.1 Å². The van der Waals surface area contributed by atoms with Crippen molar-refractivity contribution in [3.63, 3.8) is 0 Å². The number of benzene rings is 4. The first-order chi connectivity index (χ1) is 22.0. The van der Waals surface area contributed by atoms with Crippen LogP contribution >= 0.6 is 0 Å². The molecule has 0 bridgehead atoms. The normalized spacial score (nSPS) is 10.5. The second-order valence-corrected chi connectivity index (χ2v) is 8.80. The van der Waals surface area contributed by atoms with Gasteiger partial charge in [0, 0.05) is 12.1 Å². The number of para-hydroxylation sites is 2. The zero-order chi connectivity index (χ0) is 33.6. The van der Waals surface area contributed by atoms with Crippen molar-refractivity contribution in [3.8, 4) is 23.0 Å². The van der Waals surface area contributed by atoms with E-state index in [0.29, 0.717) is 11.5 Å². The highest BCUT2D eigenvalue weighted by Gasteiger charge is 2.15. The topological polar surface area (TPSA) is 228 Å². The lowest BCUT2D eigenvalue weighted by Gasteiger charge is -2.06. The van der Waals surface area contributed by atoms with Crippen LogP contribution in [-0.4, -0.2) is 58.5 Å². The van der Waals surface area contributed by atoms with E-state index in [-0.39, 0.29) is 45.1 Å². The van der Waals surface area contributed by atoms with Crippen molar-refractivity contribution in [3.05, 3.63) is 127 Å². The Morgan fingerprint density at radius 1 is 0.674 bits per heavy atom. The van der Waals surface area contributed by atoms with Gasteiger partial charge in [-0.3, -0.25) is 29.8 Å². The van der Waals surface area contributed by atoms with Gasteiger partial charge in [0.05, 0.1) is 58.7 Å². The average molecular weight is 631 g/mol. The number of carbonyl (C=O) groups is 2. The van der Waals surface area contributed by atoms with Gasteiger partial charge in [-0.2, -0.15) is 10.2 Å². The molecule has 4 aromatic carbocycles. The number of hydrogen-bond acceptors (Lipinski definition) is 12. The van der Waals surface area contributed by atoms with E-state index in [2.05, 4.69) is 21.1 Å². The maximum Gasteiger partial charge on any atom is 0.278 e. The van der Waals surface area contributed by atoms with Gasteiger partial charge in [-0.15, -0.1) is 0 Å². The van der Waals surface area contributed by atoms with E-state index >= 15 is 0 Å². The Labute approximate surface area is 260 Å². The number of methoxy groups -OCH3 is 2. The van der Waals surface area contributed by atoms with Crippen molar-refractivity contribution in [1.82, 2.24) is 10.9 Å². The molecule has 236 valence electrons. The molecule has 2 amide bonds. The highest BCUT2D eigenvalue weighted by Crippen LogP contribution is 2.23. The summed E-state index contributed by atoms with van der Waals surface area (Å²) in [6.07, 6.45) is 2.18. The summed E-state index contributed by atoms with van der Waals surface area (Å²) in [6.45, 7) is 0. The molecule has 4 N–H and O–H groups in total. The monoisotopic (exact) mass is 630 g/mol. The number of aromatic hydroxyl groups is 2. The molecule has 46 heavy (non-hydrogen) atoms. The number of ether oxygens (including phenoxy) is 2. The molecule has 0 saturated heterocycles. The fraction of sp³-hybridized carbons (Fsp3) is 0.0667. The number of rotatable bonds is 10. The number of nitrogens with zero attached hydrogens (tertiary/aromatic N) is 4. The summed E-state index contributed by atoms with van der Waals surface area (Å²) >= 11 is 0. The fourth-order valence-electron chi connectivity index (χ4n) is 3.73. The Hall–Kier alpha value is -6.84. The number of nitro benzene ring substituents is 2. The number of hydrazone groups is 2. The molecule has 0 atom stereocenters. The number of amides is 2. The number of nitrogens with one attached hydrogen (secondary N) is 2. The molecule has 0 fully saturated rings. The van der Waals surface area contributed by atoms with Gasteiger partial charge < -0.3 is 19.7 Å². The van der Waals surface area contributed by atoms with E-state index < -0.39 is 21.7 Å². The van der Waals surface area contributed by atoms with E-state index in [1.807, 2.05) is 0 Å². The summed E-state index contributed by atoms with van der Waals surface area (Å²) in [5.74, 6) is -0.587. The van der Waals surface area contributed by atoms with Crippen LogP contribution in [0.4, 0.5) is 11.4 Å². The lowest BCUT2D eigenvalue weighted by molar-refractivity contribution is -0.385. The Kier molecular flexibility index (Phi) is 11.8. The molecule has 0 saturated carbocycles. The quantitative estimate of drug-likeness (QED) is 0.111. The summed E-state index contributed by atoms with van der Waals surface area (Å²) in [5.41, 5.74) is 4.71. The number of hydrogen-bond donors (Lipinski definition) is 4. The summed E-state index contributed by atoms with van der Waals surface area (Å²) < 4.78 is 10.1. The SMILES string of the molecule is COc1ccccc1C(=O)N/N=C/c1cc(O)ccc1[N+](=O)[O-].COc1ccccc1C(=O)N/N=C/c1cc(O)ccc1[N+](=O)[O-]. The Balaban J connectivity index is 0.000000250. The number of nitro groups is 2. The van der Waals surface area contributed by atoms with Gasteiger partial charge in [-0.25, -0.2) is 10.9 Å². The Bertz CT molecular complexity index is 1680. The second-order valence-electron chi connectivity index (χ2n) is 8.80. The van der Waals surface area contributed by atoms with Crippen LogP contribution in [0.25, 0.3) is 0 Å². The summed E-state index contributed by atoms with van der Waals surface area (Å²) in [4.78, 5) is 44.6. The third kappa shape index (κ3) is 9.08. The van der Waals surface area contributed by atoms with Crippen LogP contribution < -0.4 is 20.3 Å². The molecular formula is C30H26N6O10. The smallest absolute Gasteiger partial charge is 0.278 e. The molecular weight excluding hydrogens is 604 g/mol. The molecule has 0 aromatic heterocycles. The minimum absolute atomic E-state index is 0.0651. The van der Waals surface area contributed by atoms with Crippen LogP contribution in [0.1, 0.15) is 31.8 Å². The maximum atomic E-state index is 12.0. The molecule has 0 heterocycles. The molecule has 4 aromatic rings. The average Bonchev–Trinajstić information content (AvgIpc) is 3.04. The summed E-state index contributed by atoms with van der Waals surface area (Å²) in [5, 5.41) is 47.9. The van der Waals surface area contributed by atoms with Crippen LogP contribution in [0.15, 0.2) is 95.1 Å². The van der Waals surface area contributed by atoms with Gasteiger partial charge in [0.2, 0.25) is 0 Å². The highest BCUT2D eigenvalue weighted by atomic mass is 16.6. The van der Waals surface area contributed by atoms with Crippen LogP contribution in [-0.2, 0) is 0 Å². The van der Waals surface area contributed by atoms with Crippen LogP contribution in [0, 0.1) is 20.2 Å². The van der Waals surface area contributed by atoms with Crippen LogP contribution in [0.2, 0.25) is 0 Å². The summed E-state index contributed by atoms with van der Waals surface area (Å²) in [7, 11) is 2.87. The molecule has 0 unspecified atom stereocenters. The third-order valence-corrected chi connectivity index (χ3v) is 5.86. The number of phenolic OH excluding ortho intramolecular Hbond substituents is 2. The third-order valence-electron chi connectivity index (χ3n) is 5.86. The standard InChI is InChI=1S/2C15H13N3O5/c2*1-23-14-5-3-2-4-12(14)15(20)17-16-9-10-8-11(19)6-7-13(10)18(21)22/h2*2-9,19H,1H3,(H,17,20)/b2*16-9+. The van der Waals surface area contributed by atoms with E-state index in [1.54, 1.807) is 48.5 Å². The molecule has 0 aliphatic rings. The minimum Gasteiger partial charge on any atom is -0.508 e. The van der Waals surface area contributed by atoms with Gasteiger partial charge in [-0.05, 0) is 48.5 Å². The van der Waals surface area contributed by atoms with Crippen molar-refractivity contribution in [2.24, 2.45) is 10.2 Å². The minimum atomic E-state index is -0.608. The van der Waals surface area contributed by atoms with Gasteiger partial charge >= 0.3 is 0 Å². The molecule has 0 radical (unpaired) electrons. The predicted molar refractivity (Wildman–Crippen MR) is 166 cm³/mol. The number of carbonyl (C=O) groups excluding carboxylic acids is 2. The molecule has 0 aliphatic heterocycles. The molecule has 16 heteroatoms. The zero-order valence-corrected chi connectivity index (χ0v) is 24.2. The molecule has 4 rings (SSSR count). The second kappa shape index (κ2) is 16.1. The van der Waals surface area contributed by atoms with E-state index in [0.717, 1.165) is 24.6 Å². The largest absolute Gasteiger partial charge is 0.508 e. The highest BCUT2D eigenvalue weighted by molar-refractivity contribution is 5.98. The predicted octanol–water partition coefficient (Wildman–Crippen LogP) is 4.15. The zero-order valence-electron chi connectivity index (χ0n) is 24.2. The molecule has 0 aliphatic carbocycles. The van der Waals surface area contributed by atoms with Crippen molar-refractivity contribution in [2.75, 3.05) is 14.2 Å². The molecule has 0 spiro atoms. The van der Waals surface area contributed by atoms with Gasteiger partial charge in [0.1, 0.15) is 23.0 Å². The van der Waals surface area contributed by atoms with E-state index in [1.165, 1.54) is 38.5 Å². The van der Waals surface area contributed by atoms with Crippen molar-refractivity contribution in [1.29, 1.82) is 0 Å². The van der Waals surface area contributed by atoms with E-state index in [4.69, 9.17) is 9.47 Å². The van der Waals surface area contributed by atoms with Gasteiger partial charge in [0.15, 0.2) is 0 Å². The first-order valence-corrected chi connectivity index (χ1v) is 12.9. The van der Waals surface area contributed by atoms with Crippen molar-refractivity contribution in [2.45, 2.75) is 0 Å². The van der Waals surface area contributed by atoms with E-state index in [9.17, 15) is 40.0 Å². The number of phenols is 2.